The molecule has 1 nitrogen and oxygen atoms in total. The Balaban J connectivity index is 2.47. The third kappa shape index (κ3) is 2.31. The maximum absolute atomic E-state index is 13.8. The summed E-state index contributed by atoms with van der Waals surface area (Å²) >= 11 is 0. The number of nitrogens with two attached hydrogens (primary N) is 1. The molecule has 1 aromatic carbocycles. The van der Waals surface area contributed by atoms with Gasteiger partial charge in [0, 0.05) is 12.0 Å². The molecule has 0 amide bonds. The molecular formula is C16H24FN. The molecule has 1 aliphatic rings. The van der Waals surface area contributed by atoms with Gasteiger partial charge < -0.3 is 5.73 Å². The second-order valence-corrected chi connectivity index (χ2v) is 5.66. The Morgan fingerprint density at radius 2 is 1.89 bits per heavy atom. The summed E-state index contributed by atoms with van der Waals surface area (Å²) < 4.78 is 13.8. The molecule has 1 fully saturated rings. The maximum atomic E-state index is 13.8. The minimum absolute atomic E-state index is 0.0678. The fraction of sp³-hybridized carbons (Fsp3) is 0.625. The Morgan fingerprint density at radius 3 is 2.44 bits per heavy atom. The van der Waals surface area contributed by atoms with E-state index in [0.29, 0.717) is 6.54 Å². The Labute approximate surface area is 110 Å². The number of aryl methyl sites for hydroxylation is 2. The monoisotopic (exact) mass is 249 g/mol. The Bertz CT molecular complexity index is 419. The largest absolute Gasteiger partial charge is 0.330 e. The lowest BCUT2D eigenvalue weighted by Crippen LogP contribution is -2.38. The van der Waals surface area contributed by atoms with Crippen LogP contribution in [-0.4, -0.2) is 6.54 Å². The zero-order valence-electron chi connectivity index (χ0n) is 11.6. The maximum Gasteiger partial charge on any atom is 0.126 e. The molecule has 1 aliphatic carbocycles. The van der Waals surface area contributed by atoms with Gasteiger partial charge in [-0.1, -0.05) is 32.3 Å². The van der Waals surface area contributed by atoms with Crippen LogP contribution in [0.25, 0.3) is 0 Å². The lowest BCUT2D eigenvalue weighted by molar-refractivity contribution is 0.299. The first kappa shape index (κ1) is 13.5. The predicted molar refractivity (Wildman–Crippen MR) is 74.3 cm³/mol. The van der Waals surface area contributed by atoms with Crippen molar-refractivity contribution in [3.63, 3.8) is 0 Å². The van der Waals surface area contributed by atoms with Gasteiger partial charge in [0.05, 0.1) is 0 Å². The predicted octanol–water partition coefficient (Wildman–Crippen LogP) is 3.86. The van der Waals surface area contributed by atoms with Crippen LogP contribution in [0.5, 0.6) is 0 Å². The molecule has 0 spiro atoms. The number of rotatable bonds is 3. The lowest BCUT2D eigenvalue weighted by atomic mass is 9.68. The molecule has 1 aromatic rings. The number of halogens is 1. The van der Waals surface area contributed by atoms with E-state index in [0.717, 1.165) is 30.4 Å². The van der Waals surface area contributed by atoms with E-state index < -0.39 is 0 Å². The van der Waals surface area contributed by atoms with Gasteiger partial charge in [0.1, 0.15) is 5.82 Å². The van der Waals surface area contributed by atoms with E-state index in [1.54, 1.807) is 6.07 Å². The van der Waals surface area contributed by atoms with Crippen LogP contribution in [-0.2, 0) is 11.8 Å². The number of hydrogen-bond acceptors (Lipinski definition) is 1. The molecule has 2 N–H and O–H groups in total. The van der Waals surface area contributed by atoms with Crippen molar-refractivity contribution >= 4 is 0 Å². The van der Waals surface area contributed by atoms with Gasteiger partial charge in [0.2, 0.25) is 0 Å². The molecule has 100 valence electrons. The van der Waals surface area contributed by atoms with E-state index in [9.17, 15) is 4.39 Å². The molecule has 0 heterocycles. The smallest absolute Gasteiger partial charge is 0.126 e. The summed E-state index contributed by atoms with van der Waals surface area (Å²) in [4.78, 5) is 0. The highest BCUT2D eigenvalue weighted by atomic mass is 19.1. The van der Waals surface area contributed by atoms with E-state index in [-0.39, 0.29) is 11.2 Å². The van der Waals surface area contributed by atoms with Crippen molar-refractivity contribution in [2.75, 3.05) is 6.54 Å². The molecule has 1 saturated carbocycles. The van der Waals surface area contributed by atoms with Crippen LogP contribution in [0, 0.1) is 12.7 Å². The van der Waals surface area contributed by atoms with E-state index >= 15 is 0 Å². The molecule has 0 aliphatic heterocycles. The summed E-state index contributed by atoms with van der Waals surface area (Å²) in [5.74, 6) is -0.0678. The van der Waals surface area contributed by atoms with Crippen molar-refractivity contribution < 1.29 is 4.39 Å². The zero-order valence-corrected chi connectivity index (χ0v) is 11.6. The summed E-state index contributed by atoms with van der Waals surface area (Å²) in [6.45, 7) is 4.71. The SMILES string of the molecule is CCc1cc(C2(CN)CCCCC2)c(C)cc1F. The normalized spacial score (nSPS) is 18.9. The van der Waals surface area contributed by atoms with Crippen molar-refractivity contribution in [1.82, 2.24) is 0 Å². The molecule has 0 atom stereocenters. The number of benzene rings is 1. The van der Waals surface area contributed by atoms with Gasteiger partial charge in [-0.05, 0) is 48.9 Å². The summed E-state index contributed by atoms with van der Waals surface area (Å²) in [5, 5.41) is 0. The molecule has 2 rings (SSSR count). The fourth-order valence-electron chi connectivity index (χ4n) is 3.37. The van der Waals surface area contributed by atoms with Gasteiger partial charge in [0.15, 0.2) is 0 Å². The van der Waals surface area contributed by atoms with Gasteiger partial charge in [0.25, 0.3) is 0 Å². The summed E-state index contributed by atoms with van der Waals surface area (Å²) in [5.41, 5.74) is 9.36. The third-order valence-electron chi connectivity index (χ3n) is 4.55. The van der Waals surface area contributed by atoms with Crippen LogP contribution in [0.3, 0.4) is 0 Å². The quantitative estimate of drug-likeness (QED) is 0.865. The molecule has 0 aromatic heterocycles. The van der Waals surface area contributed by atoms with E-state index in [2.05, 4.69) is 6.07 Å². The molecular weight excluding hydrogens is 225 g/mol. The van der Waals surface area contributed by atoms with Gasteiger partial charge >= 0.3 is 0 Å². The third-order valence-corrected chi connectivity index (χ3v) is 4.55. The molecule has 0 radical (unpaired) electrons. The first-order valence-electron chi connectivity index (χ1n) is 7.12. The van der Waals surface area contributed by atoms with Gasteiger partial charge in [-0.2, -0.15) is 0 Å². The van der Waals surface area contributed by atoms with Gasteiger partial charge in [-0.3, -0.25) is 0 Å². The van der Waals surface area contributed by atoms with E-state index in [4.69, 9.17) is 5.73 Å². The fourth-order valence-corrected chi connectivity index (χ4v) is 3.37. The second kappa shape index (κ2) is 5.40. The highest BCUT2D eigenvalue weighted by Crippen LogP contribution is 2.40. The van der Waals surface area contributed by atoms with Crippen molar-refractivity contribution in [1.29, 1.82) is 0 Å². The summed E-state index contributed by atoms with van der Waals surface area (Å²) in [6, 6.07) is 3.77. The van der Waals surface area contributed by atoms with Crippen molar-refractivity contribution in [3.8, 4) is 0 Å². The standard InChI is InChI=1S/C16H24FN/c1-3-13-10-14(12(2)9-15(13)17)16(11-18)7-5-4-6-8-16/h9-10H,3-8,11,18H2,1-2H3. The van der Waals surface area contributed by atoms with Crippen molar-refractivity contribution in [2.45, 2.75) is 57.8 Å². The van der Waals surface area contributed by atoms with E-state index in [1.165, 1.54) is 24.8 Å². The van der Waals surface area contributed by atoms with Crippen molar-refractivity contribution in [2.24, 2.45) is 5.73 Å². The summed E-state index contributed by atoms with van der Waals surface area (Å²) in [7, 11) is 0. The second-order valence-electron chi connectivity index (χ2n) is 5.66. The van der Waals surface area contributed by atoms with Gasteiger partial charge in [-0.15, -0.1) is 0 Å². The molecule has 0 unspecified atom stereocenters. The topological polar surface area (TPSA) is 26.0 Å². The van der Waals surface area contributed by atoms with Gasteiger partial charge in [-0.25, -0.2) is 4.39 Å². The first-order chi connectivity index (χ1) is 8.63. The average molecular weight is 249 g/mol. The van der Waals surface area contributed by atoms with Crippen LogP contribution in [0.1, 0.15) is 55.7 Å². The zero-order chi connectivity index (χ0) is 13.2. The van der Waals surface area contributed by atoms with Crippen LogP contribution >= 0.6 is 0 Å². The van der Waals surface area contributed by atoms with Crippen LogP contribution in [0.15, 0.2) is 12.1 Å². The molecule has 18 heavy (non-hydrogen) atoms. The van der Waals surface area contributed by atoms with Crippen LogP contribution < -0.4 is 5.73 Å². The number of hydrogen-bond donors (Lipinski definition) is 1. The molecule has 0 bridgehead atoms. The van der Waals surface area contributed by atoms with E-state index in [1.807, 2.05) is 13.8 Å². The summed E-state index contributed by atoms with van der Waals surface area (Å²) in [6.07, 6.45) is 6.85. The average Bonchev–Trinajstić information content (AvgIpc) is 2.39. The first-order valence-corrected chi connectivity index (χ1v) is 7.12. The lowest BCUT2D eigenvalue weighted by Gasteiger charge is -2.38. The van der Waals surface area contributed by atoms with Crippen LogP contribution in [0.2, 0.25) is 0 Å². The Hall–Kier alpha value is -0.890. The minimum Gasteiger partial charge on any atom is -0.330 e. The highest BCUT2D eigenvalue weighted by Gasteiger charge is 2.34. The Kier molecular flexibility index (Phi) is 4.06. The van der Waals surface area contributed by atoms with Crippen LogP contribution in [0.4, 0.5) is 4.39 Å². The Morgan fingerprint density at radius 1 is 1.22 bits per heavy atom. The molecule has 2 heteroatoms. The highest BCUT2D eigenvalue weighted by molar-refractivity contribution is 5.39. The molecule has 0 saturated heterocycles. The van der Waals surface area contributed by atoms with Crippen molar-refractivity contribution in [3.05, 3.63) is 34.6 Å². The minimum atomic E-state index is -0.0678.